The molecule has 2 aromatic heterocycles. The van der Waals surface area contributed by atoms with Crippen molar-refractivity contribution >= 4 is 24.8 Å². The van der Waals surface area contributed by atoms with E-state index in [1.165, 1.54) is 12.1 Å². The predicted molar refractivity (Wildman–Crippen MR) is 121 cm³/mol. The number of aryl methyl sites for hydroxylation is 1. The van der Waals surface area contributed by atoms with Gasteiger partial charge in [0, 0.05) is 61.9 Å². The van der Waals surface area contributed by atoms with Crippen LogP contribution in [0.4, 0.5) is 0 Å². The lowest BCUT2D eigenvalue weighted by Gasteiger charge is -2.37. The van der Waals surface area contributed by atoms with Gasteiger partial charge in [-0.15, -0.1) is 24.8 Å². The molecule has 3 aliphatic heterocycles. The second-order valence-corrected chi connectivity index (χ2v) is 8.51. The second-order valence-electron chi connectivity index (χ2n) is 8.51. The van der Waals surface area contributed by atoms with Gasteiger partial charge in [0.2, 0.25) is 0 Å². The monoisotopic (exact) mass is 453 g/mol. The lowest BCUT2D eigenvalue weighted by Crippen LogP contribution is -2.45. The quantitative estimate of drug-likeness (QED) is 0.717. The molecule has 7 nitrogen and oxygen atoms in total. The fraction of sp³-hybridized carbons (Fsp3) is 0.571. The molecule has 2 atom stereocenters. The molecule has 1 saturated heterocycles. The van der Waals surface area contributed by atoms with E-state index in [4.69, 9.17) is 0 Å². The van der Waals surface area contributed by atoms with E-state index in [1.54, 1.807) is 0 Å². The minimum atomic E-state index is -0.0154. The highest BCUT2D eigenvalue weighted by molar-refractivity contribution is 5.85. The Morgan fingerprint density at radius 3 is 2.77 bits per heavy atom. The van der Waals surface area contributed by atoms with Gasteiger partial charge in [-0.2, -0.15) is 0 Å². The zero-order valence-corrected chi connectivity index (χ0v) is 18.8. The molecular weight excluding hydrogens is 425 g/mol. The maximum atomic E-state index is 13.2. The van der Waals surface area contributed by atoms with Crippen LogP contribution < -0.4 is 16.4 Å². The summed E-state index contributed by atoms with van der Waals surface area (Å²) in [5.74, 6) is 1.70. The Hall–Kier alpha value is -1.67. The van der Waals surface area contributed by atoms with Gasteiger partial charge in [0.15, 0.2) is 0 Å². The fourth-order valence-electron chi connectivity index (χ4n) is 5.13. The minimum Gasteiger partial charge on any atom is -0.316 e. The van der Waals surface area contributed by atoms with Crippen LogP contribution in [0.5, 0.6) is 0 Å². The van der Waals surface area contributed by atoms with Crippen molar-refractivity contribution < 1.29 is 0 Å². The highest BCUT2D eigenvalue weighted by Crippen LogP contribution is 2.31. The molecule has 0 spiro atoms. The molecule has 2 N–H and O–H groups in total. The molecule has 0 radical (unpaired) electrons. The first-order valence-corrected chi connectivity index (χ1v) is 10.3. The number of H-pyrrole nitrogens is 1. The van der Waals surface area contributed by atoms with Crippen LogP contribution in [0.3, 0.4) is 0 Å². The summed E-state index contributed by atoms with van der Waals surface area (Å²) in [6.07, 6.45) is 2.62. The number of aromatic nitrogens is 3. The predicted octanol–water partition coefficient (Wildman–Crippen LogP) is 1.39. The Bertz CT molecular complexity index is 1040. The van der Waals surface area contributed by atoms with Crippen LogP contribution in [0.1, 0.15) is 40.7 Å². The maximum absolute atomic E-state index is 13.2. The molecule has 3 aliphatic rings. The van der Waals surface area contributed by atoms with E-state index >= 15 is 0 Å². The SMILES string of the molecule is Cc1nc2c(c(=O)[nH]1)CCN(Cc1ccc3n(c1=O)C[C@@H]1CNC[C@H]3C1)CC2.Cl.Cl. The van der Waals surface area contributed by atoms with Gasteiger partial charge in [-0.05, 0) is 38.3 Å². The molecule has 2 bridgehead atoms. The zero-order chi connectivity index (χ0) is 19.3. The molecule has 5 rings (SSSR count). The van der Waals surface area contributed by atoms with Crippen LogP contribution in [0.15, 0.2) is 21.7 Å². The maximum Gasteiger partial charge on any atom is 0.255 e. The number of rotatable bonds is 2. The van der Waals surface area contributed by atoms with Crippen LogP contribution in [-0.2, 0) is 25.9 Å². The summed E-state index contributed by atoms with van der Waals surface area (Å²) in [5, 5.41) is 3.49. The van der Waals surface area contributed by atoms with Crippen molar-refractivity contribution in [2.45, 2.75) is 45.2 Å². The summed E-state index contributed by atoms with van der Waals surface area (Å²) in [6, 6.07) is 4.18. The van der Waals surface area contributed by atoms with Gasteiger partial charge in [0.25, 0.3) is 11.1 Å². The number of aromatic amines is 1. The molecule has 5 heterocycles. The number of fused-ring (bicyclic) bond motifs is 5. The average molecular weight is 454 g/mol. The molecule has 0 aliphatic carbocycles. The normalized spacial score (nSPS) is 22.7. The van der Waals surface area contributed by atoms with Gasteiger partial charge in [-0.1, -0.05) is 6.07 Å². The molecule has 164 valence electrons. The molecule has 0 saturated carbocycles. The summed E-state index contributed by atoms with van der Waals surface area (Å²) in [4.78, 5) is 35.0. The summed E-state index contributed by atoms with van der Waals surface area (Å²) < 4.78 is 2.03. The van der Waals surface area contributed by atoms with Crippen molar-refractivity contribution in [3.05, 3.63) is 61.2 Å². The van der Waals surface area contributed by atoms with E-state index < -0.39 is 0 Å². The third-order valence-electron chi connectivity index (χ3n) is 6.54. The number of hydrogen-bond acceptors (Lipinski definition) is 5. The van der Waals surface area contributed by atoms with E-state index in [2.05, 4.69) is 26.3 Å². The molecule has 1 fully saturated rings. The molecule has 30 heavy (non-hydrogen) atoms. The number of hydrogen-bond donors (Lipinski definition) is 2. The Morgan fingerprint density at radius 2 is 1.93 bits per heavy atom. The number of pyridine rings is 1. The first kappa shape index (κ1) is 23.0. The number of piperidine rings is 1. The summed E-state index contributed by atoms with van der Waals surface area (Å²) in [6.45, 7) is 6.87. The highest BCUT2D eigenvalue weighted by Gasteiger charge is 2.31. The molecule has 2 aromatic rings. The zero-order valence-electron chi connectivity index (χ0n) is 17.1. The summed E-state index contributed by atoms with van der Waals surface area (Å²) >= 11 is 0. The van der Waals surface area contributed by atoms with E-state index in [9.17, 15) is 9.59 Å². The molecule has 0 unspecified atom stereocenters. The van der Waals surface area contributed by atoms with E-state index in [0.29, 0.717) is 30.6 Å². The topological polar surface area (TPSA) is 83.0 Å². The lowest BCUT2D eigenvalue weighted by molar-refractivity contribution is 0.251. The highest BCUT2D eigenvalue weighted by atomic mass is 35.5. The first-order valence-electron chi connectivity index (χ1n) is 10.3. The standard InChI is InChI=1S/C21H27N5O2.2ClH/c1-13-23-18-5-7-25(6-4-17(18)20(27)24-13)12-15-2-3-19-16-8-14(9-22-10-16)11-26(19)21(15)28;;/h2-3,14,16,22H,4-12H2,1H3,(H,23,24,27);2*1H/t14-,16+;;/m0../s1. The summed E-state index contributed by atoms with van der Waals surface area (Å²) in [5.41, 5.74) is 3.91. The van der Waals surface area contributed by atoms with Crippen molar-refractivity contribution in [1.29, 1.82) is 0 Å². The van der Waals surface area contributed by atoms with E-state index in [0.717, 1.165) is 56.0 Å². The smallest absolute Gasteiger partial charge is 0.255 e. The van der Waals surface area contributed by atoms with Crippen LogP contribution >= 0.6 is 24.8 Å². The van der Waals surface area contributed by atoms with E-state index in [-0.39, 0.29) is 35.9 Å². The van der Waals surface area contributed by atoms with Gasteiger partial charge < -0.3 is 14.9 Å². The fourth-order valence-corrected chi connectivity index (χ4v) is 5.13. The average Bonchev–Trinajstić information content (AvgIpc) is 2.87. The molecule has 0 amide bonds. The van der Waals surface area contributed by atoms with Gasteiger partial charge in [0.1, 0.15) is 5.82 Å². The number of nitrogens with zero attached hydrogens (tertiary/aromatic N) is 3. The Labute approximate surface area is 188 Å². The summed E-state index contributed by atoms with van der Waals surface area (Å²) in [7, 11) is 0. The van der Waals surface area contributed by atoms with Crippen molar-refractivity contribution in [2.75, 3.05) is 26.2 Å². The van der Waals surface area contributed by atoms with Gasteiger partial charge in [-0.25, -0.2) is 4.98 Å². The molecular formula is C21H29Cl2N5O2. The van der Waals surface area contributed by atoms with Crippen molar-refractivity contribution in [3.63, 3.8) is 0 Å². The Kier molecular flexibility index (Phi) is 7.07. The number of halogens is 2. The van der Waals surface area contributed by atoms with Gasteiger partial charge in [0.05, 0.1) is 5.69 Å². The first-order chi connectivity index (χ1) is 13.6. The van der Waals surface area contributed by atoms with Gasteiger partial charge in [-0.3, -0.25) is 14.5 Å². The Balaban J connectivity index is 0.00000128. The van der Waals surface area contributed by atoms with Crippen molar-refractivity contribution in [3.8, 4) is 0 Å². The molecule has 0 aromatic carbocycles. The third-order valence-corrected chi connectivity index (χ3v) is 6.54. The van der Waals surface area contributed by atoms with E-state index in [1.807, 2.05) is 17.6 Å². The minimum absolute atomic E-state index is 0. The van der Waals surface area contributed by atoms with Gasteiger partial charge >= 0.3 is 0 Å². The van der Waals surface area contributed by atoms with Crippen molar-refractivity contribution in [2.24, 2.45) is 5.92 Å². The van der Waals surface area contributed by atoms with Crippen molar-refractivity contribution in [1.82, 2.24) is 24.8 Å². The van der Waals surface area contributed by atoms with Crippen LogP contribution in [0.2, 0.25) is 0 Å². The van der Waals surface area contributed by atoms with Crippen LogP contribution in [0, 0.1) is 12.8 Å². The molecule has 9 heteroatoms. The third kappa shape index (κ3) is 4.21. The van der Waals surface area contributed by atoms with Crippen LogP contribution in [-0.4, -0.2) is 45.6 Å². The lowest BCUT2D eigenvalue weighted by atomic mass is 9.84. The van der Waals surface area contributed by atoms with Crippen LogP contribution in [0.25, 0.3) is 0 Å². The second kappa shape index (κ2) is 9.22. The number of nitrogens with one attached hydrogen (secondary N) is 2. The Morgan fingerprint density at radius 1 is 1.13 bits per heavy atom. The largest absolute Gasteiger partial charge is 0.316 e.